The molecule has 1 unspecified atom stereocenters. The average molecular weight is 242 g/mol. The first-order chi connectivity index (χ1) is 7.10. The Balaban J connectivity index is 2.41. The lowest BCUT2D eigenvalue weighted by atomic mass is 10.4. The summed E-state index contributed by atoms with van der Waals surface area (Å²) < 4.78 is 35.1. The Morgan fingerprint density at radius 1 is 1.13 bits per heavy atom. The number of hydrogen-bond donors (Lipinski definition) is 0. The minimum absolute atomic E-state index is 0.150. The van der Waals surface area contributed by atoms with Gasteiger partial charge < -0.3 is 0 Å². The van der Waals surface area contributed by atoms with E-state index in [2.05, 4.69) is 0 Å². The van der Waals surface area contributed by atoms with Crippen molar-refractivity contribution in [3.8, 4) is 0 Å². The van der Waals surface area contributed by atoms with Crippen LogP contribution in [0.4, 0.5) is 0 Å². The standard InChI is InChI=1S/C10H10O3S2/c11-14-7-6-10(8-14)15(12,13)9-4-2-1-3-5-9/h1-6H,7-8H2. The van der Waals surface area contributed by atoms with Crippen LogP contribution in [0, 0.1) is 0 Å². The monoisotopic (exact) mass is 242 g/mol. The molecule has 0 saturated carbocycles. The van der Waals surface area contributed by atoms with Gasteiger partial charge in [0.1, 0.15) is 0 Å². The molecule has 1 aliphatic heterocycles. The van der Waals surface area contributed by atoms with Crippen molar-refractivity contribution in [2.75, 3.05) is 11.5 Å². The van der Waals surface area contributed by atoms with Gasteiger partial charge in [0.15, 0.2) is 0 Å². The van der Waals surface area contributed by atoms with Gasteiger partial charge in [-0.05, 0) is 12.1 Å². The van der Waals surface area contributed by atoms with Crippen LogP contribution in [0.25, 0.3) is 0 Å². The number of sulfone groups is 1. The van der Waals surface area contributed by atoms with Crippen molar-refractivity contribution in [2.45, 2.75) is 4.90 Å². The van der Waals surface area contributed by atoms with E-state index in [0.29, 0.717) is 5.75 Å². The highest BCUT2D eigenvalue weighted by Gasteiger charge is 2.25. The molecule has 80 valence electrons. The molecule has 3 nitrogen and oxygen atoms in total. The SMILES string of the molecule is O=S1CC=C(S(=O)(=O)c2ccccc2)C1. The second-order valence-electron chi connectivity index (χ2n) is 3.24. The van der Waals surface area contributed by atoms with Gasteiger partial charge >= 0.3 is 0 Å². The van der Waals surface area contributed by atoms with Gasteiger partial charge in [0, 0.05) is 16.6 Å². The van der Waals surface area contributed by atoms with Crippen molar-refractivity contribution in [1.82, 2.24) is 0 Å². The summed E-state index contributed by atoms with van der Waals surface area (Å²) in [4.78, 5) is 0.558. The maximum atomic E-state index is 12.0. The van der Waals surface area contributed by atoms with E-state index < -0.39 is 20.6 Å². The van der Waals surface area contributed by atoms with E-state index in [9.17, 15) is 12.6 Å². The zero-order valence-corrected chi connectivity index (χ0v) is 9.55. The molecule has 0 radical (unpaired) electrons. The fourth-order valence-corrected chi connectivity index (χ4v) is 4.58. The van der Waals surface area contributed by atoms with Crippen LogP contribution in [0.2, 0.25) is 0 Å². The van der Waals surface area contributed by atoms with E-state index in [-0.39, 0.29) is 15.6 Å². The Hall–Kier alpha value is -0.940. The second-order valence-corrected chi connectivity index (χ2v) is 6.74. The maximum absolute atomic E-state index is 12.0. The average Bonchev–Trinajstić information content (AvgIpc) is 2.67. The summed E-state index contributed by atoms with van der Waals surface area (Å²) in [5, 5.41) is 0. The summed E-state index contributed by atoms with van der Waals surface area (Å²) >= 11 is 0. The largest absolute Gasteiger partial charge is 0.259 e. The number of hydrogen-bond acceptors (Lipinski definition) is 3. The fourth-order valence-electron chi connectivity index (χ4n) is 1.40. The fraction of sp³-hybridized carbons (Fsp3) is 0.200. The lowest BCUT2D eigenvalue weighted by Crippen LogP contribution is -2.07. The quantitative estimate of drug-likeness (QED) is 0.780. The lowest BCUT2D eigenvalue weighted by Gasteiger charge is -2.03. The molecule has 5 heteroatoms. The van der Waals surface area contributed by atoms with Gasteiger partial charge in [-0.3, -0.25) is 4.21 Å². The van der Waals surface area contributed by atoms with E-state index in [4.69, 9.17) is 0 Å². The van der Waals surface area contributed by atoms with Gasteiger partial charge in [-0.2, -0.15) is 0 Å². The van der Waals surface area contributed by atoms with Gasteiger partial charge in [-0.15, -0.1) is 0 Å². The predicted molar refractivity (Wildman–Crippen MR) is 59.6 cm³/mol. The summed E-state index contributed by atoms with van der Waals surface area (Å²) in [6, 6.07) is 8.23. The first-order valence-corrected chi connectivity index (χ1v) is 7.42. The van der Waals surface area contributed by atoms with Gasteiger partial charge in [0.25, 0.3) is 0 Å². The zero-order chi connectivity index (χ0) is 10.9. The molecule has 1 aromatic carbocycles. The van der Waals surface area contributed by atoms with E-state index in [1.807, 2.05) is 0 Å². The molecule has 0 N–H and O–H groups in total. The molecule has 1 aliphatic rings. The zero-order valence-electron chi connectivity index (χ0n) is 7.92. The van der Waals surface area contributed by atoms with Crippen LogP contribution in [0.15, 0.2) is 46.2 Å². The molecule has 15 heavy (non-hydrogen) atoms. The highest BCUT2D eigenvalue weighted by molar-refractivity contribution is 7.97. The Morgan fingerprint density at radius 2 is 1.80 bits per heavy atom. The van der Waals surface area contributed by atoms with Crippen LogP contribution in [-0.4, -0.2) is 24.1 Å². The minimum atomic E-state index is -3.40. The number of rotatable bonds is 2. The smallest absolute Gasteiger partial charge is 0.203 e. The summed E-state index contributed by atoms with van der Waals surface area (Å²) in [6.45, 7) is 0. The molecule has 0 saturated heterocycles. The Labute approximate surface area is 91.2 Å². The Bertz CT molecular complexity index is 515. The molecule has 1 aromatic rings. The molecular formula is C10H10O3S2. The van der Waals surface area contributed by atoms with Crippen molar-refractivity contribution in [3.63, 3.8) is 0 Å². The Morgan fingerprint density at radius 3 is 2.33 bits per heavy atom. The van der Waals surface area contributed by atoms with Gasteiger partial charge in [0.2, 0.25) is 9.84 Å². The Kier molecular flexibility index (Phi) is 2.75. The normalized spacial score (nSPS) is 21.3. The molecule has 2 rings (SSSR count). The van der Waals surface area contributed by atoms with E-state index in [1.165, 1.54) is 0 Å². The molecule has 0 fully saturated rings. The summed E-state index contributed by atoms with van der Waals surface area (Å²) in [5.74, 6) is 0.499. The highest BCUT2D eigenvalue weighted by atomic mass is 32.2. The van der Waals surface area contributed by atoms with Crippen molar-refractivity contribution in [3.05, 3.63) is 41.3 Å². The van der Waals surface area contributed by atoms with Crippen molar-refractivity contribution in [1.29, 1.82) is 0 Å². The van der Waals surface area contributed by atoms with Crippen molar-refractivity contribution >= 4 is 20.6 Å². The molecule has 1 atom stereocenters. The maximum Gasteiger partial charge on any atom is 0.203 e. The molecule has 0 spiro atoms. The molecule has 0 aliphatic carbocycles. The van der Waals surface area contributed by atoms with Crippen LogP contribution < -0.4 is 0 Å². The summed E-state index contributed by atoms with van der Waals surface area (Å²) in [5.41, 5.74) is 0. The van der Waals surface area contributed by atoms with Crippen molar-refractivity contribution in [2.24, 2.45) is 0 Å². The number of benzene rings is 1. The third-order valence-electron chi connectivity index (χ3n) is 2.20. The topological polar surface area (TPSA) is 51.2 Å². The van der Waals surface area contributed by atoms with E-state index in [1.54, 1.807) is 36.4 Å². The first-order valence-electron chi connectivity index (χ1n) is 4.45. The van der Waals surface area contributed by atoms with Crippen LogP contribution in [0.1, 0.15) is 0 Å². The first kappa shape index (κ1) is 10.6. The second kappa shape index (κ2) is 3.90. The van der Waals surface area contributed by atoms with Crippen LogP contribution in [0.5, 0.6) is 0 Å². The van der Waals surface area contributed by atoms with Gasteiger partial charge in [-0.25, -0.2) is 8.42 Å². The van der Waals surface area contributed by atoms with Gasteiger partial charge in [0.05, 0.1) is 15.6 Å². The molecular weight excluding hydrogens is 232 g/mol. The van der Waals surface area contributed by atoms with Crippen LogP contribution in [-0.2, 0) is 20.6 Å². The minimum Gasteiger partial charge on any atom is -0.259 e. The molecule has 0 amide bonds. The molecule has 1 heterocycles. The van der Waals surface area contributed by atoms with Crippen molar-refractivity contribution < 1.29 is 12.6 Å². The predicted octanol–water partition coefficient (Wildman–Crippen LogP) is 1.11. The van der Waals surface area contributed by atoms with E-state index in [0.717, 1.165) is 0 Å². The molecule has 0 aromatic heterocycles. The third-order valence-corrected chi connectivity index (χ3v) is 5.45. The third kappa shape index (κ3) is 2.03. The van der Waals surface area contributed by atoms with Crippen LogP contribution in [0.3, 0.4) is 0 Å². The summed E-state index contributed by atoms with van der Waals surface area (Å²) in [6.07, 6.45) is 1.55. The van der Waals surface area contributed by atoms with E-state index >= 15 is 0 Å². The molecule has 0 bridgehead atoms. The summed E-state index contributed by atoms with van der Waals surface area (Å²) in [7, 11) is -4.45. The van der Waals surface area contributed by atoms with Crippen LogP contribution >= 0.6 is 0 Å². The lowest BCUT2D eigenvalue weighted by molar-refractivity contribution is 0.602. The van der Waals surface area contributed by atoms with Gasteiger partial charge in [-0.1, -0.05) is 24.3 Å². The highest BCUT2D eigenvalue weighted by Crippen LogP contribution is 2.22.